The zero-order valence-electron chi connectivity index (χ0n) is 12.5. The van der Waals surface area contributed by atoms with Crippen LogP contribution >= 0.6 is 24.8 Å². The number of imidazole rings is 1. The second-order valence-electron chi connectivity index (χ2n) is 5.62. The van der Waals surface area contributed by atoms with Gasteiger partial charge in [0.25, 0.3) is 0 Å². The second kappa shape index (κ2) is 7.81. The molecule has 1 saturated carbocycles. The Morgan fingerprint density at radius 2 is 2.18 bits per heavy atom. The minimum absolute atomic E-state index is 0. The van der Waals surface area contributed by atoms with Crippen LogP contribution in [0.2, 0.25) is 0 Å². The number of fused-ring (bicyclic) bond motifs is 1. The Morgan fingerprint density at radius 1 is 1.41 bits per heavy atom. The highest BCUT2D eigenvalue weighted by atomic mass is 35.5. The van der Waals surface area contributed by atoms with Gasteiger partial charge in [0.15, 0.2) is 0 Å². The van der Waals surface area contributed by atoms with Gasteiger partial charge in [0.05, 0.1) is 12.2 Å². The predicted molar refractivity (Wildman–Crippen MR) is 91.6 cm³/mol. The van der Waals surface area contributed by atoms with Crippen molar-refractivity contribution in [3.8, 4) is 0 Å². The summed E-state index contributed by atoms with van der Waals surface area (Å²) in [4.78, 5) is 16.6. The van der Waals surface area contributed by atoms with E-state index in [1.165, 1.54) is 0 Å². The Balaban J connectivity index is 0.00000121. The number of aryl methyl sites for hydroxylation is 1. The molecule has 3 N–H and O–H groups in total. The van der Waals surface area contributed by atoms with Crippen molar-refractivity contribution in [2.45, 2.75) is 38.8 Å². The summed E-state index contributed by atoms with van der Waals surface area (Å²) in [5, 5.41) is 2.97. The van der Waals surface area contributed by atoms with Crippen LogP contribution in [0.3, 0.4) is 0 Å². The van der Waals surface area contributed by atoms with Crippen LogP contribution in [-0.4, -0.2) is 21.3 Å². The van der Waals surface area contributed by atoms with Gasteiger partial charge >= 0.3 is 0 Å². The van der Waals surface area contributed by atoms with Gasteiger partial charge in [-0.25, -0.2) is 4.98 Å². The maximum atomic E-state index is 12.0. The summed E-state index contributed by atoms with van der Waals surface area (Å²) < 4.78 is 2.03. The van der Waals surface area contributed by atoms with E-state index < -0.39 is 0 Å². The molecule has 0 aliphatic heterocycles. The molecule has 0 saturated heterocycles. The highest BCUT2D eigenvalue weighted by Gasteiger charge is 2.27. The number of carbonyl (C=O) groups excluding carboxylic acids is 1. The molecule has 1 amide bonds. The first-order chi connectivity index (χ1) is 9.63. The molecule has 0 spiro atoms. The maximum absolute atomic E-state index is 12.0. The summed E-state index contributed by atoms with van der Waals surface area (Å²) in [5.74, 6) is 0.176. The number of pyridine rings is 1. The van der Waals surface area contributed by atoms with Crippen molar-refractivity contribution in [3.05, 3.63) is 35.8 Å². The van der Waals surface area contributed by atoms with Gasteiger partial charge in [-0.2, -0.15) is 0 Å². The Hall–Kier alpha value is -1.30. The fraction of sp³-hybridized carbons (Fsp3) is 0.467. The molecule has 2 unspecified atom stereocenters. The third-order valence-electron chi connectivity index (χ3n) is 4.03. The molecule has 1 aliphatic rings. The molecule has 1 fully saturated rings. The second-order valence-corrected chi connectivity index (χ2v) is 5.62. The number of nitrogens with one attached hydrogen (secondary N) is 1. The van der Waals surface area contributed by atoms with E-state index in [4.69, 9.17) is 5.73 Å². The molecular formula is C15H22Cl2N4O. The van der Waals surface area contributed by atoms with Gasteiger partial charge in [-0.1, -0.05) is 6.07 Å². The fourth-order valence-corrected chi connectivity index (χ4v) is 2.86. The average molecular weight is 345 g/mol. The Labute approximate surface area is 142 Å². The van der Waals surface area contributed by atoms with Gasteiger partial charge in [-0.3, -0.25) is 4.79 Å². The summed E-state index contributed by atoms with van der Waals surface area (Å²) in [5.41, 5.74) is 8.77. The molecule has 2 aromatic heterocycles. The van der Waals surface area contributed by atoms with Crippen molar-refractivity contribution in [1.82, 2.24) is 14.7 Å². The van der Waals surface area contributed by atoms with Gasteiger partial charge in [0.1, 0.15) is 5.65 Å². The van der Waals surface area contributed by atoms with E-state index in [1.807, 2.05) is 35.7 Å². The number of halogens is 2. The zero-order chi connectivity index (χ0) is 14.1. The molecule has 2 aromatic rings. The van der Waals surface area contributed by atoms with Crippen molar-refractivity contribution in [2.75, 3.05) is 0 Å². The first-order valence-corrected chi connectivity index (χ1v) is 7.10. The van der Waals surface area contributed by atoms with Crippen molar-refractivity contribution in [3.63, 3.8) is 0 Å². The van der Waals surface area contributed by atoms with Crippen LogP contribution in [0, 0.1) is 12.8 Å². The summed E-state index contributed by atoms with van der Waals surface area (Å²) in [6.45, 7) is 2.52. The smallest absolute Gasteiger partial charge is 0.223 e. The molecule has 2 atom stereocenters. The van der Waals surface area contributed by atoms with Crippen LogP contribution in [0.25, 0.3) is 5.65 Å². The van der Waals surface area contributed by atoms with E-state index in [0.717, 1.165) is 36.3 Å². The number of hydrogen-bond acceptors (Lipinski definition) is 3. The number of rotatable bonds is 3. The van der Waals surface area contributed by atoms with E-state index in [1.54, 1.807) is 0 Å². The first-order valence-electron chi connectivity index (χ1n) is 7.10. The third kappa shape index (κ3) is 3.91. The lowest BCUT2D eigenvalue weighted by atomic mass is 10.1. The van der Waals surface area contributed by atoms with E-state index in [2.05, 4.69) is 10.3 Å². The molecule has 0 radical (unpaired) electrons. The molecule has 5 nitrogen and oxygen atoms in total. The van der Waals surface area contributed by atoms with E-state index in [9.17, 15) is 4.79 Å². The van der Waals surface area contributed by atoms with Gasteiger partial charge < -0.3 is 15.5 Å². The lowest BCUT2D eigenvalue weighted by Gasteiger charge is -2.09. The van der Waals surface area contributed by atoms with E-state index in [0.29, 0.717) is 6.54 Å². The number of nitrogens with zero attached hydrogens (tertiary/aromatic N) is 2. The van der Waals surface area contributed by atoms with Crippen molar-refractivity contribution in [1.29, 1.82) is 0 Å². The van der Waals surface area contributed by atoms with E-state index >= 15 is 0 Å². The summed E-state index contributed by atoms with van der Waals surface area (Å²) in [6.07, 6.45) is 4.63. The van der Waals surface area contributed by atoms with Crippen LogP contribution < -0.4 is 11.1 Å². The summed E-state index contributed by atoms with van der Waals surface area (Å²) in [6, 6.07) is 6.18. The molecule has 2 heterocycles. The van der Waals surface area contributed by atoms with Crippen molar-refractivity contribution >= 4 is 36.4 Å². The number of aromatic nitrogens is 2. The number of amides is 1. The minimum Gasteiger partial charge on any atom is -0.350 e. The molecular weight excluding hydrogens is 323 g/mol. The Bertz CT molecular complexity index is 644. The molecule has 0 bridgehead atoms. The Morgan fingerprint density at radius 3 is 2.82 bits per heavy atom. The zero-order valence-corrected chi connectivity index (χ0v) is 14.1. The maximum Gasteiger partial charge on any atom is 0.223 e. The topological polar surface area (TPSA) is 72.4 Å². The SMILES string of the molecule is Cc1cccc2nc(CNC(=O)C3CCC(N)C3)cn12.Cl.Cl. The highest BCUT2D eigenvalue weighted by Crippen LogP contribution is 2.24. The Kier molecular flexibility index (Phi) is 6.66. The molecule has 1 aliphatic carbocycles. The lowest BCUT2D eigenvalue weighted by molar-refractivity contribution is -0.125. The largest absolute Gasteiger partial charge is 0.350 e. The summed E-state index contributed by atoms with van der Waals surface area (Å²) >= 11 is 0. The normalized spacial score (nSPS) is 20.3. The summed E-state index contributed by atoms with van der Waals surface area (Å²) in [7, 11) is 0. The predicted octanol–water partition coefficient (Wildman–Crippen LogP) is 2.23. The van der Waals surface area contributed by atoms with Gasteiger partial charge in [-0.05, 0) is 38.3 Å². The minimum atomic E-state index is 0. The van der Waals surface area contributed by atoms with Crippen LogP contribution in [0.15, 0.2) is 24.4 Å². The van der Waals surface area contributed by atoms with Gasteiger partial charge in [-0.15, -0.1) is 24.8 Å². The molecule has 7 heteroatoms. The van der Waals surface area contributed by atoms with Crippen LogP contribution in [0.1, 0.15) is 30.7 Å². The fourth-order valence-electron chi connectivity index (χ4n) is 2.86. The molecule has 3 rings (SSSR count). The van der Waals surface area contributed by atoms with Crippen LogP contribution in [0.5, 0.6) is 0 Å². The standard InChI is InChI=1S/C15H20N4O.2ClH/c1-10-3-2-4-14-18-13(9-19(10)14)8-17-15(20)11-5-6-12(16)7-11;;/h2-4,9,11-12H,5-8,16H2,1H3,(H,17,20);2*1H. The third-order valence-corrected chi connectivity index (χ3v) is 4.03. The van der Waals surface area contributed by atoms with Gasteiger partial charge in [0.2, 0.25) is 5.91 Å². The molecule has 22 heavy (non-hydrogen) atoms. The van der Waals surface area contributed by atoms with Crippen molar-refractivity contribution < 1.29 is 4.79 Å². The lowest BCUT2D eigenvalue weighted by Crippen LogP contribution is -2.30. The highest BCUT2D eigenvalue weighted by molar-refractivity contribution is 5.85. The number of nitrogens with two attached hydrogens (primary N) is 1. The van der Waals surface area contributed by atoms with E-state index in [-0.39, 0.29) is 42.7 Å². The molecule has 0 aromatic carbocycles. The van der Waals surface area contributed by atoms with Crippen LogP contribution in [-0.2, 0) is 11.3 Å². The molecule has 122 valence electrons. The number of carbonyl (C=O) groups is 1. The van der Waals surface area contributed by atoms with Crippen molar-refractivity contribution in [2.24, 2.45) is 11.7 Å². The van der Waals surface area contributed by atoms with Crippen LogP contribution in [0.4, 0.5) is 0 Å². The first kappa shape index (κ1) is 18.7. The average Bonchev–Trinajstić information content (AvgIpc) is 3.03. The van der Waals surface area contributed by atoms with Gasteiger partial charge in [0, 0.05) is 23.9 Å². The monoisotopic (exact) mass is 344 g/mol. The quantitative estimate of drug-likeness (QED) is 0.896. The number of hydrogen-bond donors (Lipinski definition) is 2.